The van der Waals surface area contributed by atoms with Crippen LogP contribution in [0.1, 0.15) is 19.8 Å². The molecule has 2 fully saturated rings. The minimum atomic E-state index is -0.349. The lowest BCUT2D eigenvalue weighted by atomic mass is 10.2. The Balaban J connectivity index is 1.76. The van der Waals surface area contributed by atoms with Crippen molar-refractivity contribution < 1.29 is 9.59 Å². The normalized spacial score (nSPS) is 28.6. The second-order valence-electron chi connectivity index (χ2n) is 5.27. The molecule has 2 aliphatic heterocycles. The van der Waals surface area contributed by atoms with Gasteiger partial charge in [-0.05, 0) is 54.1 Å². The van der Waals surface area contributed by atoms with Crippen molar-refractivity contribution in [2.45, 2.75) is 30.7 Å². The molecule has 1 aromatic carbocycles. The molecule has 0 aromatic heterocycles. The Morgan fingerprint density at radius 2 is 2.35 bits per heavy atom. The molecular formula is C14H15IN2O2S. The van der Waals surface area contributed by atoms with Crippen LogP contribution in [0.25, 0.3) is 0 Å². The van der Waals surface area contributed by atoms with Crippen LogP contribution in [0.5, 0.6) is 0 Å². The third kappa shape index (κ3) is 2.43. The van der Waals surface area contributed by atoms with Gasteiger partial charge in [0.25, 0.3) is 0 Å². The first kappa shape index (κ1) is 14.2. The van der Waals surface area contributed by atoms with Crippen molar-refractivity contribution in [2.24, 2.45) is 0 Å². The highest BCUT2D eigenvalue weighted by Crippen LogP contribution is 2.47. The predicted molar refractivity (Wildman–Crippen MR) is 88.5 cm³/mol. The number of carbonyl (C=O) groups is 2. The summed E-state index contributed by atoms with van der Waals surface area (Å²) >= 11 is 3.92. The smallest absolute Gasteiger partial charge is 0.248 e. The van der Waals surface area contributed by atoms with E-state index in [1.165, 1.54) is 0 Å². The Kier molecular flexibility index (Phi) is 3.70. The third-order valence-corrected chi connectivity index (χ3v) is 6.02. The average molecular weight is 402 g/mol. The van der Waals surface area contributed by atoms with Crippen LogP contribution in [0.4, 0.5) is 5.69 Å². The van der Waals surface area contributed by atoms with E-state index >= 15 is 0 Å². The van der Waals surface area contributed by atoms with Gasteiger partial charge < -0.3 is 10.2 Å². The van der Waals surface area contributed by atoms with E-state index in [2.05, 4.69) is 34.8 Å². The molecule has 4 nitrogen and oxygen atoms in total. The Morgan fingerprint density at radius 3 is 3.10 bits per heavy atom. The summed E-state index contributed by atoms with van der Waals surface area (Å²) in [7, 11) is 0. The number of carbonyl (C=O) groups excluding carboxylic acids is 2. The van der Waals surface area contributed by atoms with Gasteiger partial charge in [-0.1, -0.05) is 6.07 Å². The molecule has 106 valence electrons. The summed E-state index contributed by atoms with van der Waals surface area (Å²) in [4.78, 5) is 26.0. The van der Waals surface area contributed by atoms with Crippen LogP contribution >= 0.6 is 34.4 Å². The van der Waals surface area contributed by atoms with E-state index in [1.807, 2.05) is 24.3 Å². The lowest BCUT2D eigenvalue weighted by Gasteiger charge is -2.29. The molecule has 0 unspecified atom stereocenters. The molecule has 20 heavy (non-hydrogen) atoms. The number of nitrogens with zero attached hydrogens (tertiary/aromatic N) is 1. The maximum atomic E-state index is 12.4. The SMILES string of the molecule is C[C@]12CCC(=O)N1[C@H](C(=O)Nc1cccc(I)c1)CS2. The minimum absolute atomic E-state index is 0.0847. The van der Waals surface area contributed by atoms with Gasteiger partial charge in [-0.2, -0.15) is 0 Å². The summed E-state index contributed by atoms with van der Waals surface area (Å²) in [5, 5.41) is 2.92. The van der Waals surface area contributed by atoms with E-state index < -0.39 is 0 Å². The van der Waals surface area contributed by atoms with Crippen LogP contribution in [-0.4, -0.2) is 33.4 Å². The molecule has 0 radical (unpaired) electrons. The van der Waals surface area contributed by atoms with Gasteiger partial charge in [-0.25, -0.2) is 0 Å². The maximum Gasteiger partial charge on any atom is 0.248 e. The number of hydrogen-bond acceptors (Lipinski definition) is 3. The Morgan fingerprint density at radius 1 is 1.55 bits per heavy atom. The molecule has 0 spiro atoms. The second-order valence-corrected chi connectivity index (χ2v) is 8.01. The van der Waals surface area contributed by atoms with Gasteiger partial charge in [0.15, 0.2) is 0 Å². The number of hydrogen-bond donors (Lipinski definition) is 1. The van der Waals surface area contributed by atoms with Gasteiger partial charge in [0.1, 0.15) is 6.04 Å². The van der Waals surface area contributed by atoms with E-state index in [4.69, 9.17) is 0 Å². The largest absolute Gasteiger partial charge is 0.324 e. The van der Waals surface area contributed by atoms with Crippen molar-refractivity contribution in [1.29, 1.82) is 0 Å². The summed E-state index contributed by atoms with van der Waals surface area (Å²) in [6.45, 7) is 2.06. The molecule has 1 aromatic rings. The number of thioether (sulfide) groups is 1. The fraction of sp³-hybridized carbons (Fsp3) is 0.429. The van der Waals surface area contributed by atoms with Gasteiger partial charge in [0.2, 0.25) is 11.8 Å². The van der Waals surface area contributed by atoms with Crippen molar-refractivity contribution in [1.82, 2.24) is 4.90 Å². The number of anilines is 1. The lowest BCUT2D eigenvalue weighted by Crippen LogP contribution is -2.48. The van der Waals surface area contributed by atoms with Gasteiger partial charge in [-0.3, -0.25) is 9.59 Å². The zero-order chi connectivity index (χ0) is 14.3. The van der Waals surface area contributed by atoms with Crippen molar-refractivity contribution in [3.05, 3.63) is 27.8 Å². The number of nitrogens with one attached hydrogen (secondary N) is 1. The quantitative estimate of drug-likeness (QED) is 0.775. The zero-order valence-corrected chi connectivity index (χ0v) is 14.0. The summed E-state index contributed by atoms with van der Waals surface area (Å²) in [5.74, 6) is 0.691. The first-order valence-corrected chi connectivity index (χ1v) is 8.59. The highest BCUT2D eigenvalue weighted by Gasteiger charge is 2.52. The van der Waals surface area contributed by atoms with E-state index in [9.17, 15) is 9.59 Å². The van der Waals surface area contributed by atoms with Crippen LogP contribution < -0.4 is 5.32 Å². The molecule has 6 heteroatoms. The molecule has 1 N–H and O–H groups in total. The third-order valence-electron chi connectivity index (χ3n) is 3.84. The first-order chi connectivity index (χ1) is 9.49. The predicted octanol–water partition coefficient (Wildman–Crippen LogP) is 2.68. The van der Waals surface area contributed by atoms with Crippen molar-refractivity contribution in [3.63, 3.8) is 0 Å². The minimum Gasteiger partial charge on any atom is -0.324 e. The molecular weight excluding hydrogens is 387 g/mol. The van der Waals surface area contributed by atoms with Crippen molar-refractivity contribution in [2.75, 3.05) is 11.1 Å². The second kappa shape index (κ2) is 5.22. The van der Waals surface area contributed by atoms with Crippen LogP contribution in [0.3, 0.4) is 0 Å². The number of amides is 2. The Hall–Kier alpha value is -0.760. The fourth-order valence-electron chi connectivity index (χ4n) is 2.81. The van der Waals surface area contributed by atoms with E-state index in [1.54, 1.807) is 16.7 Å². The first-order valence-electron chi connectivity index (χ1n) is 6.52. The zero-order valence-electron chi connectivity index (χ0n) is 11.1. The molecule has 0 bridgehead atoms. The molecule has 2 atom stereocenters. The van der Waals surface area contributed by atoms with Crippen LogP contribution in [0.2, 0.25) is 0 Å². The van der Waals surface area contributed by atoms with E-state index in [-0.39, 0.29) is 22.7 Å². The summed E-state index contributed by atoms with van der Waals surface area (Å²) in [5.41, 5.74) is 0.784. The van der Waals surface area contributed by atoms with Gasteiger partial charge >= 0.3 is 0 Å². The summed E-state index contributed by atoms with van der Waals surface area (Å²) < 4.78 is 1.07. The molecule has 0 aliphatic carbocycles. The Labute approximate surface area is 135 Å². The highest BCUT2D eigenvalue weighted by atomic mass is 127. The molecule has 2 heterocycles. The number of halogens is 1. The highest BCUT2D eigenvalue weighted by molar-refractivity contribution is 14.1. The Bertz CT molecular complexity index is 580. The number of fused-ring (bicyclic) bond motifs is 1. The van der Waals surface area contributed by atoms with Crippen LogP contribution in [-0.2, 0) is 9.59 Å². The van der Waals surface area contributed by atoms with Crippen LogP contribution in [0, 0.1) is 3.57 Å². The van der Waals surface area contributed by atoms with Crippen molar-refractivity contribution >= 4 is 51.9 Å². The van der Waals surface area contributed by atoms with E-state index in [0.717, 1.165) is 15.7 Å². The molecule has 0 saturated carbocycles. The molecule has 2 saturated heterocycles. The van der Waals surface area contributed by atoms with Crippen LogP contribution in [0.15, 0.2) is 24.3 Å². The standard InChI is InChI=1S/C14H15IN2O2S/c1-14-6-5-12(18)17(14)11(8-20-14)13(19)16-10-4-2-3-9(15)7-10/h2-4,7,11H,5-6,8H2,1H3,(H,16,19)/t11-,14-/m0/s1. The maximum absolute atomic E-state index is 12.4. The van der Waals surface area contributed by atoms with Gasteiger partial charge in [0, 0.05) is 21.4 Å². The van der Waals surface area contributed by atoms with Gasteiger partial charge in [-0.15, -0.1) is 11.8 Å². The average Bonchev–Trinajstić information content (AvgIpc) is 2.87. The molecule has 2 amide bonds. The summed E-state index contributed by atoms with van der Waals surface area (Å²) in [6, 6.07) is 7.32. The summed E-state index contributed by atoms with van der Waals surface area (Å²) in [6.07, 6.45) is 1.39. The number of benzene rings is 1. The van der Waals surface area contributed by atoms with Gasteiger partial charge in [0.05, 0.1) is 4.87 Å². The topological polar surface area (TPSA) is 49.4 Å². The monoisotopic (exact) mass is 402 g/mol. The van der Waals surface area contributed by atoms with Crippen molar-refractivity contribution in [3.8, 4) is 0 Å². The molecule has 2 aliphatic rings. The fourth-order valence-corrected chi connectivity index (χ4v) is 4.78. The van der Waals surface area contributed by atoms with E-state index in [0.29, 0.717) is 12.2 Å². The molecule has 3 rings (SSSR count). The lowest BCUT2D eigenvalue weighted by molar-refractivity contribution is -0.135. The number of rotatable bonds is 2.